The zero-order valence-corrected chi connectivity index (χ0v) is 17.8. The number of hydrogen-bond donors (Lipinski definition) is 3. The van der Waals surface area contributed by atoms with Crippen LogP contribution in [0.1, 0.15) is 45.1 Å². The van der Waals surface area contributed by atoms with Crippen molar-refractivity contribution >= 4 is 17.7 Å². The molecule has 1 aromatic rings. The highest BCUT2D eigenvalue weighted by Gasteiger charge is 2.24. The normalized spacial score (nSPS) is 15.4. The molecule has 1 saturated heterocycles. The topological polar surface area (TPSA) is 105 Å². The molecule has 2 heterocycles. The summed E-state index contributed by atoms with van der Waals surface area (Å²) >= 11 is 0. The SMILES string of the molecule is CCNC(=NCc1cccnc1N1CCC(C(N)=O)CC1)NCCCCOCC. The number of guanidine groups is 1. The van der Waals surface area contributed by atoms with E-state index in [1.165, 1.54) is 0 Å². The van der Waals surface area contributed by atoms with Gasteiger partial charge >= 0.3 is 0 Å². The minimum Gasteiger partial charge on any atom is -0.382 e. The molecule has 1 aliphatic heterocycles. The Morgan fingerprint density at radius 2 is 2.10 bits per heavy atom. The number of aromatic nitrogens is 1. The maximum atomic E-state index is 11.4. The van der Waals surface area contributed by atoms with Gasteiger partial charge in [0.1, 0.15) is 5.82 Å². The lowest BCUT2D eigenvalue weighted by Gasteiger charge is -2.32. The van der Waals surface area contributed by atoms with E-state index < -0.39 is 0 Å². The van der Waals surface area contributed by atoms with Gasteiger partial charge in [0.2, 0.25) is 5.91 Å². The number of rotatable bonds is 11. The van der Waals surface area contributed by atoms with Gasteiger partial charge in [-0.1, -0.05) is 6.07 Å². The Morgan fingerprint density at radius 1 is 1.31 bits per heavy atom. The van der Waals surface area contributed by atoms with Crippen molar-refractivity contribution in [3.63, 3.8) is 0 Å². The molecule has 162 valence electrons. The molecule has 1 fully saturated rings. The highest BCUT2D eigenvalue weighted by atomic mass is 16.5. The van der Waals surface area contributed by atoms with E-state index in [1.54, 1.807) is 0 Å². The summed E-state index contributed by atoms with van der Waals surface area (Å²) in [4.78, 5) is 23.0. The lowest BCUT2D eigenvalue weighted by Crippen LogP contribution is -2.39. The number of primary amides is 1. The average Bonchev–Trinajstić information content (AvgIpc) is 2.74. The first-order valence-corrected chi connectivity index (χ1v) is 10.7. The summed E-state index contributed by atoms with van der Waals surface area (Å²) in [5.74, 6) is 1.54. The Morgan fingerprint density at radius 3 is 2.79 bits per heavy atom. The highest BCUT2D eigenvalue weighted by Crippen LogP contribution is 2.24. The van der Waals surface area contributed by atoms with Gasteiger partial charge in [-0.2, -0.15) is 0 Å². The van der Waals surface area contributed by atoms with Crippen LogP contribution in [0.5, 0.6) is 0 Å². The Labute approximate surface area is 174 Å². The zero-order chi connectivity index (χ0) is 20.9. The van der Waals surface area contributed by atoms with Crippen molar-refractivity contribution in [1.29, 1.82) is 0 Å². The van der Waals surface area contributed by atoms with Crippen molar-refractivity contribution in [3.8, 4) is 0 Å². The first-order chi connectivity index (χ1) is 14.2. The van der Waals surface area contributed by atoms with Gasteiger partial charge in [0.05, 0.1) is 6.54 Å². The van der Waals surface area contributed by atoms with Crippen LogP contribution >= 0.6 is 0 Å². The molecular weight excluding hydrogens is 368 g/mol. The van der Waals surface area contributed by atoms with Crippen molar-refractivity contribution in [1.82, 2.24) is 15.6 Å². The molecule has 1 aromatic heterocycles. The molecule has 29 heavy (non-hydrogen) atoms. The number of nitrogens with two attached hydrogens (primary N) is 1. The summed E-state index contributed by atoms with van der Waals surface area (Å²) in [5, 5.41) is 6.68. The zero-order valence-electron chi connectivity index (χ0n) is 17.8. The number of carbonyl (C=O) groups excluding carboxylic acids is 1. The third-order valence-corrected chi connectivity index (χ3v) is 5.03. The standard InChI is InChI=1S/C21H36N6O2/c1-3-23-21(25-11-5-6-15-29-4-2)26-16-18-8-7-12-24-20(18)27-13-9-17(10-14-27)19(22)28/h7-8,12,17H,3-6,9-11,13-16H2,1-2H3,(H2,22,28)(H2,23,25,26). The van der Waals surface area contributed by atoms with Crippen molar-refractivity contribution in [2.75, 3.05) is 44.3 Å². The summed E-state index contributed by atoms with van der Waals surface area (Å²) in [5.41, 5.74) is 6.53. The van der Waals surface area contributed by atoms with Crippen LogP contribution in [0.2, 0.25) is 0 Å². The Kier molecular flexibility index (Phi) is 10.3. The number of hydrogen-bond acceptors (Lipinski definition) is 5. The van der Waals surface area contributed by atoms with Crippen LogP contribution in [0.25, 0.3) is 0 Å². The number of nitrogens with one attached hydrogen (secondary N) is 2. The van der Waals surface area contributed by atoms with Gasteiger partial charge in [0, 0.05) is 57.1 Å². The van der Waals surface area contributed by atoms with Gasteiger partial charge in [0.25, 0.3) is 0 Å². The molecule has 1 amide bonds. The van der Waals surface area contributed by atoms with Crippen molar-refractivity contribution in [2.45, 2.75) is 46.1 Å². The van der Waals surface area contributed by atoms with E-state index in [0.717, 1.165) is 82.4 Å². The summed E-state index contributed by atoms with van der Waals surface area (Å²) in [6.07, 6.45) is 5.44. The number of nitrogens with zero attached hydrogens (tertiary/aromatic N) is 3. The van der Waals surface area contributed by atoms with Crippen molar-refractivity contribution in [3.05, 3.63) is 23.9 Å². The Hall–Kier alpha value is -2.35. The smallest absolute Gasteiger partial charge is 0.220 e. The van der Waals surface area contributed by atoms with Gasteiger partial charge in [-0.05, 0) is 45.6 Å². The monoisotopic (exact) mass is 404 g/mol. The van der Waals surface area contributed by atoms with E-state index in [0.29, 0.717) is 6.54 Å². The molecule has 0 saturated carbocycles. The van der Waals surface area contributed by atoms with Crippen molar-refractivity contribution in [2.24, 2.45) is 16.6 Å². The maximum Gasteiger partial charge on any atom is 0.220 e. The second-order valence-corrected chi connectivity index (χ2v) is 7.18. The molecule has 0 bridgehead atoms. The van der Waals surface area contributed by atoms with Crippen LogP contribution in [0.15, 0.2) is 23.3 Å². The quantitative estimate of drug-likeness (QED) is 0.294. The van der Waals surface area contributed by atoms with E-state index in [-0.39, 0.29) is 11.8 Å². The average molecular weight is 405 g/mol. The molecule has 4 N–H and O–H groups in total. The molecule has 0 aromatic carbocycles. The lowest BCUT2D eigenvalue weighted by atomic mass is 9.96. The Balaban J connectivity index is 1.92. The fraction of sp³-hybridized carbons (Fsp3) is 0.667. The Bertz CT molecular complexity index is 644. The van der Waals surface area contributed by atoms with Gasteiger partial charge in [-0.15, -0.1) is 0 Å². The number of anilines is 1. The third-order valence-electron chi connectivity index (χ3n) is 5.03. The molecule has 2 rings (SSSR count). The summed E-state index contributed by atoms with van der Waals surface area (Å²) < 4.78 is 5.37. The van der Waals surface area contributed by atoms with Crippen LogP contribution in [0.4, 0.5) is 5.82 Å². The summed E-state index contributed by atoms with van der Waals surface area (Å²) in [6.45, 7) is 9.45. The number of piperidine rings is 1. The summed E-state index contributed by atoms with van der Waals surface area (Å²) in [7, 11) is 0. The second-order valence-electron chi connectivity index (χ2n) is 7.18. The fourth-order valence-electron chi connectivity index (χ4n) is 3.40. The highest BCUT2D eigenvalue weighted by molar-refractivity contribution is 5.79. The van der Waals surface area contributed by atoms with Gasteiger partial charge in [-0.25, -0.2) is 9.98 Å². The van der Waals surface area contributed by atoms with Crippen LogP contribution in [-0.2, 0) is 16.1 Å². The largest absolute Gasteiger partial charge is 0.382 e. The van der Waals surface area contributed by atoms with E-state index in [4.69, 9.17) is 15.5 Å². The molecule has 0 unspecified atom stereocenters. The minimum atomic E-state index is -0.196. The molecule has 1 aliphatic rings. The predicted molar refractivity (Wildman–Crippen MR) is 117 cm³/mol. The van der Waals surface area contributed by atoms with Gasteiger partial charge < -0.3 is 26.0 Å². The first-order valence-electron chi connectivity index (χ1n) is 10.7. The number of aliphatic imine (C=N–C) groups is 1. The molecule has 0 atom stereocenters. The molecule has 8 heteroatoms. The minimum absolute atomic E-state index is 0.0243. The van der Waals surface area contributed by atoms with E-state index in [1.807, 2.05) is 19.2 Å². The predicted octanol–water partition coefficient (Wildman–Crippen LogP) is 1.66. The van der Waals surface area contributed by atoms with Crippen molar-refractivity contribution < 1.29 is 9.53 Å². The fourth-order valence-corrected chi connectivity index (χ4v) is 3.40. The number of unbranched alkanes of at least 4 members (excludes halogenated alkanes) is 1. The number of carbonyl (C=O) groups is 1. The summed E-state index contributed by atoms with van der Waals surface area (Å²) in [6, 6.07) is 4.01. The van der Waals surface area contributed by atoms with Gasteiger partial charge in [0.15, 0.2) is 5.96 Å². The number of pyridine rings is 1. The third kappa shape index (κ3) is 7.89. The maximum absolute atomic E-state index is 11.4. The van der Waals surface area contributed by atoms with E-state index in [2.05, 4.69) is 33.5 Å². The van der Waals surface area contributed by atoms with Crippen LogP contribution in [0.3, 0.4) is 0 Å². The number of amides is 1. The molecular formula is C21H36N6O2. The van der Waals surface area contributed by atoms with Gasteiger partial charge in [-0.3, -0.25) is 4.79 Å². The molecule has 0 spiro atoms. The first kappa shape index (κ1) is 22.9. The second kappa shape index (κ2) is 13.0. The van der Waals surface area contributed by atoms with E-state index >= 15 is 0 Å². The number of ether oxygens (including phenoxy) is 1. The van der Waals surface area contributed by atoms with Crippen LogP contribution in [-0.4, -0.2) is 56.2 Å². The van der Waals surface area contributed by atoms with Crippen LogP contribution < -0.4 is 21.3 Å². The lowest BCUT2D eigenvalue weighted by molar-refractivity contribution is -0.122. The van der Waals surface area contributed by atoms with E-state index in [9.17, 15) is 4.79 Å². The molecule has 8 nitrogen and oxygen atoms in total. The van der Waals surface area contributed by atoms with Crippen LogP contribution in [0, 0.1) is 5.92 Å². The molecule has 0 radical (unpaired) electrons. The molecule has 0 aliphatic carbocycles.